The Kier molecular flexibility index (Phi) is 4.86. The molecule has 1 aliphatic heterocycles. The maximum absolute atomic E-state index is 5.61. The van der Waals surface area contributed by atoms with Crippen LogP contribution in [0, 0.1) is 0 Å². The number of hydrogen-bond donors (Lipinski definition) is 2. The maximum Gasteiger partial charge on any atom is 0.249 e. The van der Waals surface area contributed by atoms with Crippen LogP contribution in [0.3, 0.4) is 0 Å². The van der Waals surface area contributed by atoms with Crippen molar-refractivity contribution in [1.82, 2.24) is 15.2 Å². The summed E-state index contributed by atoms with van der Waals surface area (Å²) in [7, 11) is 0. The van der Waals surface area contributed by atoms with E-state index in [1.165, 1.54) is 0 Å². The van der Waals surface area contributed by atoms with Crippen LogP contribution in [0.1, 0.15) is 12.5 Å². The van der Waals surface area contributed by atoms with Crippen LogP contribution < -0.4 is 24.8 Å². The van der Waals surface area contributed by atoms with E-state index in [0.29, 0.717) is 24.9 Å². The average Bonchev–Trinajstić information content (AvgIpc) is 3.16. The van der Waals surface area contributed by atoms with Gasteiger partial charge in [-0.1, -0.05) is 18.2 Å². The molecule has 4 rings (SSSR count). The summed E-state index contributed by atoms with van der Waals surface area (Å²) in [5.74, 6) is 3.26. The van der Waals surface area contributed by atoms with Gasteiger partial charge >= 0.3 is 0 Å². The molecule has 3 aromatic rings. The van der Waals surface area contributed by atoms with Gasteiger partial charge in [-0.15, -0.1) is 5.10 Å². The predicted molar refractivity (Wildman–Crippen MR) is 101 cm³/mol. The number of rotatable bonds is 7. The molecule has 0 radical (unpaired) electrons. The van der Waals surface area contributed by atoms with Gasteiger partial charge in [0.05, 0.1) is 18.5 Å². The molecule has 2 N–H and O–H groups in total. The molecule has 0 saturated carbocycles. The van der Waals surface area contributed by atoms with Gasteiger partial charge in [0.2, 0.25) is 12.7 Å². The van der Waals surface area contributed by atoms with Gasteiger partial charge in [0.15, 0.2) is 17.3 Å². The first-order chi connectivity index (χ1) is 13.3. The third-order valence-corrected chi connectivity index (χ3v) is 3.90. The Labute approximate surface area is 156 Å². The van der Waals surface area contributed by atoms with Crippen molar-refractivity contribution in [2.45, 2.75) is 13.5 Å². The molecule has 0 unspecified atom stereocenters. The molecule has 8 nitrogen and oxygen atoms in total. The van der Waals surface area contributed by atoms with Gasteiger partial charge in [0, 0.05) is 6.54 Å². The van der Waals surface area contributed by atoms with Crippen LogP contribution in [0.2, 0.25) is 0 Å². The molecule has 0 atom stereocenters. The van der Waals surface area contributed by atoms with Crippen molar-refractivity contribution in [2.24, 2.45) is 0 Å². The fraction of sp³-hybridized carbons (Fsp3) is 0.211. The lowest BCUT2D eigenvalue weighted by molar-refractivity contribution is 0.174. The molecule has 1 aromatic heterocycles. The van der Waals surface area contributed by atoms with E-state index in [2.05, 4.69) is 25.8 Å². The highest BCUT2D eigenvalue weighted by atomic mass is 16.7. The summed E-state index contributed by atoms with van der Waals surface area (Å²) in [5.41, 5.74) is 1.84. The van der Waals surface area contributed by atoms with E-state index in [0.717, 1.165) is 28.5 Å². The van der Waals surface area contributed by atoms with Gasteiger partial charge in [0.1, 0.15) is 5.75 Å². The standard InChI is InChI=1S/C19H19N5O3/c1-2-25-15-6-4-3-5-14(15)22-19-23-18(11-21-24-19)20-10-13-7-8-16-17(9-13)27-12-26-16/h3-9,11H,2,10,12H2,1H3,(H2,20,22,23,24). The van der Waals surface area contributed by atoms with Crippen LogP contribution in [-0.2, 0) is 6.54 Å². The van der Waals surface area contributed by atoms with Crippen molar-refractivity contribution < 1.29 is 14.2 Å². The van der Waals surface area contributed by atoms with Crippen molar-refractivity contribution in [3.05, 3.63) is 54.2 Å². The Bertz CT molecular complexity index is 935. The second-order valence-electron chi connectivity index (χ2n) is 5.76. The molecule has 0 saturated heterocycles. The number of fused-ring (bicyclic) bond motifs is 1. The lowest BCUT2D eigenvalue weighted by atomic mass is 10.2. The van der Waals surface area contributed by atoms with Crippen molar-refractivity contribution in [3.63, 3.8) is 0 Å². The minimum Gasteiger partial charge on any atom is -0.492 e. The van der Waals surface area contributed by atoms with Crippen molar-refractivity contribution in [1.29, 1.82) is 0 Å². The summed E-state index contributed by atoms with van der Waals surface area (Å²) in [6, 6.07) is 13.4. The van der Waals surface area contributed by atoms with Crippen LogP contribution >= 0.6 is 0 Å². The number of nitrogens with one attached hydrogen (secondary N) is 2. The van der Waals surface area contributed by atoms with Gasteiger partial charge in [-0.05, 0) is 36.8 Å². The maximum atomic E-state index is 5.61. The van der Waals surface area contributed by atoms with Gasteiger partial charge in [0.25, 0.3) is 0 Å². The van der Waals surface area contributed by atoms with Crippen LogP contribution in [0.4, 0.5) is 17.5 Å². The summed E-state index contributed by atoms with van der Waals surface area (Å²) >= 11 is 0. The van der Waals surface area contributed by atoms with Gasteiger partial charge < -0.3 is 24.8 Å². The first-order valence-corrected chi connectivity index (χ1v) is 8.63. The topological polar surface area (TPSA) is 90.4 Å². The molecule has 27 heavy (non-hydrogen) atoms. The fourth-order valence-corrected chi connectivity index (χ4v) is 2.66. The second-order valence-corrected chi connectivity index (χ2v) is 5.76. The molecular formula is C19H19N5O3. The Morgan fingerprint density at radius 2 is 2.00 bits per heavy atom. The fourth-order valence-electron chi connectivity index (χ4n) is 2.66. The summed E-state index contributed by atoms with van der Waals surface area (Å²) < 4.78 is 16.3. The van der Waals surface area contributed by atoms with Crippen LogP contribution in [0.25, 0.3) is 0 Å². The van der Waals surface area contributed by atoms with E-state index in [1.54, 1.807) is 6.20 Å². The largest absolute Gasteiger partial charge is 0.492 e. The zero-order valence-electron chi connectivity index (χ0n) is 14.8. The van der Waals surface area contributed by atoms with E-state index >= 15 is 0 Å². The first-order valence-electron chi connectivity index (χ1n) is 8.63. The highest BCUT2D eigenvalue weighted by molar-refractivity contribution is 5.62. The summed E-state index contributed by atoms with van der Waals surface area (Å²) in [6.07, 6.45) is 1.58. The number of hydrogen-bond acceptors (Lipinski definition) is 8. The quantitative estimate of drug-likeness (QED) is 0.659. The summed E-state index contributed by atoms with van der Waals surface area (Å²) in [6.45, 7) is 3.36. The van der Waals surface area contributed by atoms with Gasteiger partial charge in [-0.2, -0.15) is 10.1 Å². The van der Waals surface area contributed by atoms with Gasteiger partial charge in [-0.25, -0.2) is 0 Å². The molecule has 0 spiro atoms. The molecule has 2 aromatic carbocycles. The van der Waals surface area contributed by atoms with E-state index in [4.69, 9.17) is 14.2 Å². The second kappa shape index (κ2) is 7.77. The highest BCUT2D eigenvalue weighted by Gasteiger charge is 2.13. The minimum absolute atomic E-state index is 0.264. The number of anilines is 3. The Balaban J connectivity index is 1.43. The van der Waals surface area contributed by atoms with Gasteiger partial charge in [-0.3, -0.25) is 0 Å². The Hall–Kier alpha value is -3.55. The smallest absolute Gasteiger partial charge is 0.249 e. The van der Waals surface area contributed by atoms with Crippen molar-refractivity contribution in [2.75, 3.05) is 24.0 Å². The third-order valence-electron chi connectivity index (χ3n) is 3.90. The lowest BCUT2D eigenvalue weighted by Crippen LogP contribution is -2.06. The van der Waals surface area contributed by atoms with E-state index in [9.17, 15) is 0 Å². The molecule has 0 bridgehead atoms. The summed E-state index contributed by atoms with van der Waals surface area (Å²) in [5, 5.41) is 14.4. The highest BCUT2D eigenvalue weighted by Crippen LogP contribution is 2.32. The molecule has 8 heteroatoms. The molecule has 0 fully saturated rings. The van der Waals surface area contributed by atoms with Crippen LogP contribution in [-0.4, -0.2) is 28.6 Å². The van der Waals surface area contributed by atoms with E-state index in [1.807, 2.05) is 49.4 Å². The molecular weight excluding hydrogens is 346 g/mol. The van der Waals surface area contributed by atoms with Crippen molar-refractivity contribution >= 4 is 17.5 Å². The predicted octanol–water partition coefficient (Wildman–Crippen LogP) is 3.35. The summed E-state index contributed by atoms with van der Waals surface area (Å²) in [4.78, 5) is 4.45. The number of ether oxygens (including phenoxy) is 3. The van der Waals surface area contributed by atoms with Crippen LogP contribution in [0.15, 0.2) is 48.7 Å². The van der Waals surface area contributed by atoms with Crippen molar-refractivity contribution in [3.8, 4) is 17.2 Å². The zero-order chi connectivity index (χ0) is 18.5. The zero-order valence-corrected chi connectivity index (χ0v) is 14.8. The Morgan fingerprint density at radius 1 is 1.11 bits per heavy atom. The number of aromatic nitrogens is 3. The lowest BCUT2D eigenvalue weighted by Gasteiger charge is -2.11. The Morgan fingerprint density at radius 3 is 2.93 bits per heavy atom. The van der Waals surface area contributed by atoms with Crippen LogP contribution in [0.5, 0.6) is 17.2 Å². The molecule has 0 aliphatic carbocycles. The molecule has 0 amide bonds. The van der Waals surface area contributed by atoms with E-state index in [-0.39, 0.29) is 6.79 Å². The number of para-hydroxylation sites is 2. The van der Waals surface area contributed by atoms with E-state index < -0.39 is 0 Å². The average molecular weight is 365 g/mol. The normalized spacial score (nSPS) is 11.9. The third kappa shape index (κ3) is 4.00. The SMILES string of the molecule is CCOc1ccccc1Nc1nncc(NCc2ccc3c(c2)OCO3)n1. The number of benzene rings is 2. The monoisotopic (exact) mass is 365 g/mol. The molecule has 1 aliphatic rings. The molecule has 2 heterocycles. The number of nitrogens with zero attached hydrogens (tertiary/aromatic N) is 3. The first kappa shape index (κ1) is 16.9. The molecule has 138 valence electrons. The minimum atomic E-state index is 0.264.